The van der Waals surface area contributed by atoms with Crippen LogP contribution >= 0.6 is 0 Å². The summed E-state index contributed by atoms with van der Waals surface area (Å²) in [5.74, 6) is 5.48. The summed E-state index contributed by atoms with van der Waals surface area (Å²) in [6.45, 7) is 0. The van der Waals surface area contributed by atoms with Crippen LogP contribution in [-0.2, 0) is 0 Å². The Bertz CT molecular complexity index is 1880. The monoisotopic (exact) mass is 456 g/mol. The van der Waals surface area contributed by atoms with Gasteiger partial charge in [-0.1, -0.05) is 72.5 Å². The molecule has 166 valence electrons. The van der Waals surface area contributed by atoms with Crippen LogP contribution in [0.25, 0.3) is 65.9 Å². The van der Waals surface area contributed by atoms with E-state index in [1.807, 2.05) is 24.3 Å². The van der Waals surface area contributed by atoms with Crippen LogP contribution in [0.15, 0.2) is 97.1 Å². The number of rotatable bonds is 2. The first-order valence-corrected chi connectivity index (χ1v) is 11.9. The van der Waals surface area contributed by atoms with Crippen molar-refractivity contribution >= 4 is 43.6 Å². The molecule has 0 saturated carbocycles. The molecule has 0 unspecified atom stereocenters. The van der Waals surface area contributed by atoms with Gasteiger partial charge in [0, 0.05) is 54.8 Å². The largest absolute Gasteiger partial charge is 0.354 e. The summed E-state index contributed by atoms with van der Waals surface area (Å²) in [7, 11) is 0. The molecule has 0 aliphatic heterocycles. The van der Waals surface area contributed by atoms with Gasteiger partial charge < -0.3 is 9.97 Å². The number of aromatic nitrogens is 2. The van der Waals surface area contributed by atoms with Crippen LogP contribution in [0.3, 0.4) is 0 Å². The molecule has 2 aromatic heterocycles. The van der Waals surface area contributed by atoms with Crippen molar-refractivity contribution in [1.82, 2.24) is 9.97 Å². The van der Waals surface area contributed by atoms with Gasteiger partial charge in [-0.2, -0.15) is 0 Å². The van der Waals surface area contributed by atoms with Crippen molar-refractivity contribution < 1.29 is 0 Å². The van der Waals surface area contributed by atoms with Gasteiger partial charge in [-0.25, -0.2) is 0 Å². The Morgan fingerprint density at radius 1 is 0.472 bits per heavy atom. The van der Waals surface area contributed by atoms with Gasteiger partial charge in [-0.05, 0) is 47.5 Å². The average molecular weight is 457 g/mol. The summed E-state index contributed by atoms with van der Waals surface area (Å²) >= 11 is 0. The summed E-state index contributed by atoms with van der Waals surface area (Å²) < 4.78 is 0. The molecule has 0 aliphatic rings. The predicted octanol–water partition coefficient (Wildman–Crippen LogP) is 8.25. The van der Waals surface area contributed by atoms with Gasteiger partial charge in [0.05, 0.1) is 11.0 Å². The van der Waals surface area contributed by atoms with Crippen LogP contribution in [-0.4, -0.2) is 9.97 Å². The van der Waals surface area contributed by atoms with Gasteiger partial charge >= 0.3 is 0 Å². The fourth-order valence-corrected chi connectivity index (χ4v) is 5.47. The van der Waals surface area contributed by atoms with Crippen molar-refractivity contribution in [3.8, 4) is 46.9 Å². The fraction of sp³-hybridized carbons (Fsp3) is 0. The minimum absolute atomic E-state index is 0.868. The second-order valence-corrected chi connectivity index (χ2v) is 9.03. The summed E-state index contributed by atoms with van der Waals surface area (Å²) in [6, 6.07) is 33.5. The number of terminal acetylenes is 2. The highest BCUT2D eigenvalue weighted by Crippen LogP contribution is 2.48. The molecular weight excluding hydrogens is 436 g/mol. The quantitative estimate of drug-likeness (QED) is 0.246. The molecule has 0 amide bonds. The summed E-state index contributed by atoms with van der Waals surface area (Å²) in [4.78, 5) is 7.53. The molecule has 0 spiro atoms. The molecule has 36 heavy (non-hydrogen) atoms. The SMILES string of the molecule is C#Cc1ccc(-c2c3[nH]c4ccccc4c3c(-c3ccc(C#C)cc3)c3[nH]c4ccccc4c23)cc1. The van der Waals surface area contributed by atoms with Crippen molar-refractivity contribution in [2.75, 3.05) is 0 Å². The maximum atomic E-state index is 5.66. The van der Waals surface area contributed by atoms with Crippen molar-refractivity contribution in [3.05, 3.63) is 108 Å². The fourth-order valence-electron chi connectivity index (χ4n) is 5.47. The molecule has 5 aromatic carbocycles. The number of H-pyrrole nitrogens is 2. The Balaban J connectivity index is 1.75. The molecule has 0 saturated heterocycles. The van der Waals surface area contributed by atoms with E-state index < -0.39 is 0 Å². The van der Waals surface area contributed by atoms with Gasteiger partial charge in [0.15, 0.2) is 0 Å². The van der Waals surface area contributed by atoms with E-state index in [-0.39, 0.29) is 0 Å². The standard InChI is InChI=1S/C34H20N2/c1-3-21-13-17-23(18-14-21)29-31-25-9-5-7-11-27(25)36-34(31)30(24-19-15-22(4-2)16-20-24)32-26-10-6-8-12-28(26)35-33(29)32/h1-2,5-20,35-36H. The highest BCUT2D eigenvalue weighted by atomic mass is 14.7. The number of para-hydroxylation sites is 2. The van der Waals surface area contributed by atoms with Gasteiger partial charge in [-0.3, -0.25) is 0 Å². The van der Waals surface area contributed by atoms with E-state index >= 15 is 0 Å². The second kappa shape index (κ2) is 7.67. The zero-order valence-corrected chi connectivity index (χ0v) is 19.4. The first-order chi connectivity index (χ1) is 17.8. The number of hydrogen-bond acceptors (Lipinski definition) is 0. The second-order valence-electron chi connectivity index (χ2n) is 9.03. The van der Waals surface area contributed by atoms with Crippen molar-refractivity contribution in [1.29, 1.82) is 0 Å². The Kier molecular flexibility index (Phi) is 4.31. The number of fused-ring (bicyclic) bond motifs is 6. The van der Waals surface area contributed by atoms with Crippen molar-refractivity contribution in [2.24, 2.45) is 0 Å². The third-order valence-electron chi connectivity index (χ3n) is 7.09. The van der Waals surface area contributed by atoms with Crippen LogP contribution in [0, 0.1) is 24.7 Å². The molecule has 2 N–H and O–H groups in total. The Hall–Kier alpha value is -5.18. The van der Waals surface area contributed by atoms with Crippen LogP contribution in [0.1, 0.15) is 11.1 Å². The molecule has 2 heterocycles. The molecule has 0 fully saturated rings. The van der Waals surface area contributed by atoms with Crippen LogP contribution in [0.5, 0.6) is 0 Å². The van der Waals surface area contributed by atoms with Crippen LogP contribution < -0.4 is 0 Å². The smallest absolute Gasteiger partial charge is 0.0558 e. The molecule has 0 atom stereocenters. The highest BCUT2D eigenvalue weighted by Gasteiger charge is 2.23. The van der Waals surface area contributed by atoms with E-state index in [1.165, 1.54) is 32.7 Å². The maximum Gasteiger partial charge on any atom is 0.0558 e. The lowest BCUT2D eigenvalue weighted by molar-refractivity contribution is 1.52. The molecule has 7 rings (SSSR count). The Labute approximate surface area is 208 Å². The van der Waals surface area contributed by atoms with E-state index in [4.69, 9.17) is 12.8 Å². The van der Waals surface area contributed by atoms with Gasteiger partial charge in [0.1, 0.15) is 0 Å². The lowest BCUT2D eigenvalue weighted by atomic mass is 9.89. The third-order valence-corrected chi connectivity index (χ3v) is 7.09. The average Bonchev–Trinajstić information content (AvgIpc) is 3.51. The van der Waals surface area contributed by atoms with Crippen LogP contribution in [0.4, 0.5) is 0 Å². The normalized spacial score (nSPS) is 11.3. The number of benzene rings is 5. The number of hydrogen-bond donors (Lipinski definition) is 2. The van der Waals surface area contributed by atoms with Gasteiger partial charge in [0.2, 0.25) is 0 Å². The Morgan fingerprint density at radius 3 is 1.25 bits per heavy atom. The number of nitrogens with one attached hydrogen (secondary N) is 2. The van der Waals surface area contributed by atoms with Gasteiger partial charge in [-0.15, -0.1) is 12.8 Å². The lowest BCUT2D eigenvalue weighted by Crippen LogP contribution is -1.89. The zero-order chi connectivity index (χ0) is 24.2. The maximum absolute atomic E-state index is 5.66. The first kappa shape index (κ1) is 20.2. The minimum Gasteiger partial charge on any atom is -0.354 e. The molecule has 2 heteroatoms. The van der Waals surface area contributed by atoms with Gasteiger partial charge in [0.25, 0.3) is 0 Å². The highest BCUT2D eigenvalue weighted by molar-refractivity contribution is 6.31. The topological polar surface area (TPSA) is 31.6 Å². The molecule has 0 aliphatic carbocycles. The minimum atomic E-state index is 0.868. The van der Waals surface area contributed by atoms with E-state index in [0.29, 0.717) is 0 Å². The molecular formula is C34H20N2. The van der Waals surface area contributed by atoms with Crippen LogP contribution in [0.2, 0.25) is 0 Å². The molecule has 2 nitrogen and oxygen atoms in total. The lowest BCUT2D eigenvalue weighted by Gasteiger charge is -2.13. The zero-order valence-electron chi connectivity index (χ0n) is 19.4. The molecule has 7 aromatic rings. The number of aromatic amines is 2. The van der Waals surface area contributed by atoms with E-state index in [1.54, 1.807) is 0 Å². The van der Waals surface area contributed by atoms with Crippen molar-refractivity contribution in [3.63, 3.8) is 0 Å². The molecule has 0 radical (unpaired) electrons. The predicted molar refractivity (Wildman–Crippen MR) is 152 cm³/mol. The Morgan fingerprint density at radius 2 is 0.861 bits per heavy atom. The molecule has 0 bridgehead atoms. The summed E-state index contributed by atoms with van der Waals surface area (Å²) in [5.41, 5.74) is 10.7. The van der Waals surface area contributed by atoms with E-state index in [2.05, 4.69) is 94.6 Å². The van der Waals surface area contributed by atoms with E-state index in [0.717, 1.165) is 44.3 Å². The first-order valence-electron chi connectivity index (χ1n) is 11.9. The third kappa shape index (κ3) is 2.83. The van der Waals surface area contributed by atoms with E-state index in [9.17, 15) is 0 Å². The van der Waals surface area contributed by atoms with Crippen molar-refractivity contribution in [2.45, 2.75) is 0 Å². The summed E-state index contributed by atoms with van der Waals surface area (Å²) in [5, 5.41) is 4.75. The summed E-state index contributed by atoms with van der Waals surface area (Å²) in [6.07, 6.45) is 11.3.